The molecule has 21 heavy (non-hydrogen) atoms. The molecule has 1 amide bonds. The van der Waals surface area contributed by atoms with Gasteiger partial charge in [-0.05, 0) is 36.6 Å². The quantitative estimate of drug-likeness (QED) is 0.936. The number of ether oxygens (including phenoxy) is 1. The molecule has 1 aromatic carbocycles. The first kappa shape index (κ1) is 13.6. The second-order valence-corrected chi connectivity index (χ2v) is 5.37. The van der Waals surface area contributed by atoms with E-state index < -0.39 is 0 Å². The number of nitrogens with zero attached hydrogens (tertiary/aromatic N) is 2. The van der Waals surface area contributed by atoms with Crippen molar-refractivity contribution in [2.24, 2.45) is 5.92 Å². The Balaban J connectivity index is 1.88. The zero-order valence-corrected chi connectivity index (χ0v) is 12.2. The lowest BCUT2D eigenvalue weighted by molar-refractivity contribution is -0.119. The van der Waals surface area contributed by atoms with Crippen molar-refractivity contribution in [2.45, 2.75) is 26.3 Å². The van der Waals surface area contributed by atoms with Crippen molar-refractivity contribution in [3.8, 4) is 17.1 Å². The van der Waals surface area contributed by atoms with Crippen molar-refractivity contribution in [1.29, 1.82) is 0 Å². The molecular formula is C15H17N3O3. The number of carbonyl (C=O) groups is 1. The molecule has 3 rings (SSSR count). The number of aromatic nitrogens is 2. The van der Waals surface area contributed by atoms with E-state index in [1.54, 1.807) is 7.11 Å². The van der Waals surface area contributed by atoms with Gasteiger partial charge in [-0.25, -0.2) is 0 Å². The van der Waals surface area contributed by atoms with E-state index in [9.17, 15) is 4.79 Å². The van der Waals surface area contributed by atoms with Gasteiger partial charge in [-0.1, -0.05) is 12.1 Å². The SMILES string of the molecule is COc1ccc(-c2noc(C3NC(=O)CC3C)n2)cc1C. The molecule has 1 fully saturated rings. The molecule has 1 saturated heterocycles. The van der Waals surface area contributed by atoms with Gasteiger partial charge in [0.05, 0.1) is 7.11 Å². The second-order valence-electron chi connectivity index (χ2n) is 5.37. The third-order valence-electron chi connectivity index (χ3n) is 3.75. The van der Waals surface area contributed by atoms with Crippen molar-refractivity contribution in [3.05, 3.63) is 29.7 Å². The molecule has 2 unspecified atom stereocenters. The van der Waals surface area contributed by atoms with E-state index in [0.717, 1.165) is 16.9 Å². The van der Waals surface area contributed by atoms with Gasteiger partial charge >= 0.3 is 0 Å². The number of aryl methyl sites for hydroxylation is 1. The fraction of sp³-hybridized carbons (Fsp3) is 0.400. The van der Waals surface area contributed by atoms with Crippen LogP contribution in [0.5, 0.6) is 5.75 Å². The number of carbonyl (C=O) groups excluding carboxylic acids is 1. The van der Waals surface area contributed by atoms with E-state index in [-0.39, 0.29) is 17.9 Å². The highest BCUT2D eigenvalue weighted by Crippen LogP contribution is 2.30. The summed E-state index contributed by atoms with van der Waals surface area (Å²) in [5.41, 5.74) is 1.86. The van der Waals surface area contributed by atoms with E-state index in [2.05, 4.69) is 15.5 Å². The van der Waals surface area contributed by atoms with Crippen LogP contribution in [0.3, 0.4) is 0 Å². The van der Waals surface area contributed by atoms with Crippen LogP contribution in [0.4, 0.5) is 0 Å². The monoisotopic (exact) mass is 287 g/mol. The molecule has 6 heteroatoms. The van der Waals surface area contributed by atoms with Gasteiger partial charge in [0.1, 0.15) is 11.8 Å². The third kappa shape index (κ3) is 2.49. The Kier molecular flexibility index (Phi) is 3.37. The van der Waals surface area contributed by atoms with Crippen molar-refractivity contribution in [1.82, 2.24) is 15.5 Å². The summed E-state index contributed by atoms with van der Waals surface area (Å²) in [6.07, 6.45) is 0.490. The number of amides is 1. The summed E-state index contributed by atoms with van der Waals surface area (Å²) in [5.74, 6) is 1.97. The van der Waals surface area contributed by atoms with Gasteiger partial charge in [0.2, 0.25) is 17.6 Å². The molecule has 0 spiro atoms. The Morgan fingerprint density at radius 3 is 2.86 bits per heavy atom. The van der Waals surface area contributed by atoms with Gasteiger partial charge in [-0.3, -0.25) is 4.79 Å². The van der Waals surface area contributed by atoms with Crippen LogP contribution in [0.1, 0.15) is 30.8 Å². The zero-order valence-electron chi connectivity index (χ0n) is 12.2. The van der Waals surface area contributed by atoms with E-state index in [1.165, 1.54) is 0 Å². The van der Waals surface area contributed by atoms with E-state index in [0.29, 0.717) is 18.1 Å². The number of hydrogen-bond donors (Lipinski definition) is 1. The summed E-state index contributed by atoms with van der Waals surface area (Å²) >= 11 is 0. The predicted octanol–water partition coefficient (Wildman–Crippen LogP) is 2.25. The van der Waals surface area contributed by atoms with Crippen LogP contribution >= 0.6 is 0 Å². The third-order valence-corrected chi connectivity index (χ3v) is 3.75. The molecule has 2 atom stereocenters. The molecule has 1 N–H and O–H groups in total. The molecule has 110 valence electrons. The summed E-state index contributed by atoms with van der Waals surface area (Å²) in [5, 5.41) is 6.87. The van der Waals surface area contributed by atoms with E-state index in [4.69, 9.17) is 9.26 Å². The maximum Gasteiger partial charge on any atom is 0.249 e. The van der Waals surface area contributed by atoms with Crippen LogP contribution in [0.15, 0.2) is 22.7 Å². The fourth-order valence-electron chi connectivity index (χ4n) is 2.59. The van der Waals surface area contributed by atoms with Crippen LogP contribution in [-0.4, -0.2) is 23.2 Å². The maximum absolute atomic E-state index is 11.4. The molecule has 0 radical (unpaired) electrons. The summed E-state index contributed by atoms with van der Waals surface area (Å²) < 4.78 is 10.5. The van der Waals surface area contributed by atoms with E-state index in [1.807, 2.05) is 32.0 Å². The molecule has 0 saturated carbocycles. The fourth-order valence-corrected chi connectivity index (χ4v) is 2.59. The Morgan fingerprint density at radius 1 is 1.43 bits per heavy atom. The lowest BCUT2D eigenvalue weighted by Crippen LogP contribution is -2.20. The minimum Gasteiger partial charge on any atom is -0.496 e. The molecule has 1 aliphatic rings. The minimum atomic E-state index is -0.196. The van der Waals surface area contributed by atoms with Crippen molar-refractivity contribution < 1.29 is 14.1 Å². The molecule has 1 aromatic heterocycles. The van der Waals surface area contributed by atoms with Crippen LogP contribution in [0.25, 0.3) is 11.4 Å². The second kappa shape index (κ2) is 5.20. The van der Waals surface area contributed by atoms with Gasteiger partial charge < -0.3 is 14.6 Å². The van der Waals surface area contributed by atoms with Gasteiger partial charge in [-0.15, -0.1) is 0 Å². The topological polar surface area (TPSA) is 77.3 Å². The average Bonchev–Trinajstić information content (AvgIpc) is 3.05. The van der Waals surface area contributed by atoms with Crippen LogP contribution in [0.2, 0.25) is 0 Å². The number of benzene rings is 1. The largest absolute Gasteiger partial charge is 0.496 e. The normalized spacial score (nSPS) is 21.4. The number of methoxy groups -OCH3 is 1. The molecule has 1 aliphatic heterocycles. The number of hydrogen-bond acceptors (Lipinski definition) is 5. The minimum absolute atomic E-state index is 0.0209. The number of rotatable bonds is 3. The van der Waals surface area contributed by atoms with Gasteiger partial charge in [0.15, 0.2) is 0 Å². The molecule has 0 aliphatic carbocycles. The summed E-state index contributed by atoms with van der Waals surface area (Å²) in [6, 6.07) is 5.51. The van der Waals surface area contributed by atoms with Crippen LogP contribution in [-0.2, 0) is 4.79 Å². The lowest BCUT2D eigenvalue weighted by atomic mass is 10.0. The highest BCUT2D eigenvalue weighted by Gasteiger charge is 2.34. The first-order valence-electron chi connectivity index (χ1n) is 6.86. The van der Waals surface area contributed by atoms with E-state index >= 15 is 0 Å². The average molecular weight is 287 g/mol. The molecular weight excluding hydrogens is 270 g/mol. The summed E-state index contributed by atoms with van der Waals surface area (Å²) in [6.45, 7) is 3.95. The Hall–Kier alpha value is -2.37. The first-order valence-corrected chi connectivity index (χ1v) is 6.86. The Morgan fingerprint density at radius 2 is 2.24 bits per heavy atom. The van der Waals surface area contributed by atoms with Gasteiger partial charge in [0.25, 0.3) is 0 Å². The zero-order chi connectivity index (χ0) is 15.0. The van der Waals surface area contributed by atoms with Crippen LogP contribution in [0, 0.1) is 12.8 Å². The highest BCUT2D eigenvalue weighted by atomic mass is 16.5. The lowest BCUT2D eigenvalue weighted by Gasteiger charge is -2.08. The van der Waals surface area contributed by atoms with Crippen molar-refractivity contribution in [2.75, 3.05) is 7.11 Å². The first-order chi connectivity index (χ1) is 10.1. The summed E-state index contributed by atoms with van der Waals surface area (Å²) in [7, 11) is 1.64. The van der Waals surface area contributed by atoms with Gasteiger partial charge in [-0.2, -0.15) is 4.98 Å². The van der Waals surface area contributed by atoms with Crippen LogP contribution < -0.4 is 10.1 Å². The number of nitrogens with one attached hydrogen (secondary N) is 1. The maximum atomic E-state index is 11.4. The molecule has 0 bridgehead atoms. The highest BCUT2D eigenvalue weighted by molar-refractivity contribution is 5.79. The Bertz CT molecular complexity index is 681. The Labute approximate surface area is 122 Å². The molecule has 2 aromatic rings. The van der Waals surface area contributed by atoms with Gasteiger partial charge in [0, 0.05) is 12.0 Å². The van der Waals surface area contributed by atoms with Crippen molar-refractivity contribution >= 4 is 5.91 Å². The molecule has 2 heterocycles. The predicted molar refractivity (Wildman–Crippen MR) is 75.7 cm³/mol. The van der Waals surface area contributed by atoms with Crippen molar-refractivity contribution in [3.63, 3.8) is 0 Å². The smallest absolute Gasteiger partial charge is 0.249 e. The standard InChI is InChI=1S/C15H17N3O3/c1-8-6-10(4-5-11(8)20-3)14-17-15(21-18-14)13-9(2)7-12(19)16-13/h4-6,9,13H,7H2,1-3H3,(H,16,19). The summed E-state index contributed by atoms with van der Waals surface area (Å²) in [4.78, 5) is 15.8. The molecule has 6 nitrogen and oxygen atoms in total.